The quantitative estimate of drug-likeness (QED) is 0.892. The Bertz CT molecular complexity index is 923. The first-order valence-corrected chi connectivity index (χ1v) is 8.35. The Morgan fingerprint density at radius 1 is 1.04 bits per heavy atom. The molecule has 2 aliphatic heterocycles. The molecule has 7 nitrogen and oxygen atoms in total. The molecule has 0 aromatic heterocycles. The van der Waals surface area contributed by atoms with Crippen LogP contribution in [0.15, 0.2) is 41.3 Å². The second kappa shape index (κ2) is 4.88. The molecule has 0 spiro atoms. The zero-order chi connectivity index (χ0) is 16.0. The minimum Gasteiger partial charge on any atom is -0.454 e. The van der Waals surface area contributed by atoms with E-state index in [1.54, 1.807) is 24.3 Å². The van der Waals surface area contributed by atoms with Crippen LogP contribution in [0, 0.1) is 0 Å². The molecule has 0 aliphatic carbocycles. The molecule has 2 aromatic rings. The minimum atomic E-state index is -3.76. The number of carbonyl (C=O) groups is 1. The lowest BCUT2D eigenvalue weighted by molar-refractivity contribution is -0.115. The van der Waals surface area contributed by atoms with E-state index in [-0.39, 0.29) is 24.0 Å². The number of sulfonamides is 1. The van der Waals surface area contributed by atoms with Crippen molar-refractivity contribution in [2.24, 2.45) is 0 Å². The number of rotatable bonds is 3. The molecule has 0 saturated carbocycles. The number of benzene rings is 2. The topological polar surface area (TPSA) is 93.7 Å². The first kappa shape index (κ1) is 13.9. The van der Waals surface area contributed by atoms with Crippen LogP contribution in [0.5, 0.6) is 11.5 Å². The SMILES string of the molecule is O=C1Cc2cc(NS(=O)(=O)c3ccc4c(c3)OCO4)ccc2N1. The van der Waals surface area contributed by atoms with Crippen molar-refractivity contribution >= 4 is 27.3 Å². The smallest absolute Gasteiger partial charge is 0.262 e. The number of fused-ring (bicyclic) bond motifs is 2. The highest BCUT2D eigenvalue weighted by Gasteiger charge is 2.22. The summed E-state index contributed by atoms with van der Waals surface area (Å²) in [6, 6.07) is 9.37. The number of ether oxygens (including phenoxy) is 2. The zero-order valence-electron chi connectivity index (χ0n) is 11.8. The monoisotopic (exact) mass is 332 g/mol. The third kappa shape index (κ3) is 2.46. The van der Waals surface area contributed by atoms with Crippen LogP contribution in [0.1, 0.15) is 5.56 Å². The summed E-state index contributed by atoms with van der Waals surface area (Å²) in [6.45, 7) is 0.0815. The molecule has 0 atom stereocenters. The summed E-state index contributed by atoms with van der Waals surface area (Å²) in [5.74, 6) is 0.818. The molecule has 2 aromatic carbocycles. The van der Waals surface area contributed by atoms with Gasteiger partial charge in [-0.05, 0) is 35.9 Å². The van der Waals surface area contributed by atoms with Gasteiger partial charge in [-0.15, -0.1) is 0 Å². The Labute approximate surface area is 132 Å². The van der Waals surface area contributed by atoms with Crippen LogP contribution >= 0.6 is 0 Å². The molecule has 1 amide bonds. The van der Waals surface area contributed by atoms with Crippen molar-refractivity contribution in [3.8, 4) is 11.5 Å². The molecule has 4 rings (SSSR count). The average molecular weight is 332 g/mol. The van der Waals surface area contributed by atoms with Crippen LogP contribution in [0.25, 0.3) is 0 Å². The van der Waals surface area contributed by atoms with E-state index in [0.29, 0.717) is 22.9 Å². The first-order chi connectivity index (χ1) is 11.0. The summed E-state index contributed by atoms with van der Waals surface area (Å²) in [5, 5.41) is 2.70. The Morgan fingerprint density at radius 2 is 1.87 bits per heavy atom. The number of amides is 1. The Balaban J connectivity index is 1.63. The van der Waals surface area contributed by atoms with Crippen molar-refractivity contribution in [2.45, 2.75) is 11.3 Å². The molecule has 2 heterocycles. The predicted molar refractivity (Wildman–Crippen MR) is 82.1 cm³/mol. The molecular formula is C15H12N2O5S. The summed E-state index contributed by atoms with van der Waals surface area (Å²) in [5.41, 5.74) is 1.87. The van der Waals surface area contributed by atoms with E-state index in [1.807, 2.05) is 0 Å². The lowest BCUT2D eigenvalue weighted by Crippen LogP contribution is -2.13. The Kier molecular flexibility index (Phi) is 2.95. The van der Waals surface area contributed by atoms with Gasteiger partial charge in [0.05, 0.1) is 11.3 Å². The Morgan fingerprint density at radius 3 is 2.74 bits per heavy atom. The third-order valence-corrected chi connectivity index (χ3v) is 5.02. The second-order valence-electron chi connectivity index (χ2n) is 5.22. The van der Waals surface area contributed by atoms with Crippen molar-refractivity contribution in [3.63, 3.8) is 0 Å². The van der Waals surface area contributed by atoms with E-state index in [1.165, 1.54) is 12.1 Å². The molecule has 8 heteroatoms. The van der Waals surface area contributed by atoms with Crippen LogP contribution in [0.3, 0.4) is 0 Å². The van der Waals surface area contributed by atoms with E-state index in [0.717, 1.165) is 5.56 Å². The molecule has 0 unspecified atom stereocenters. The van der Waals surface area contributed by atoms with Crippen LogP contribution in [-0.4, -0.2) is 21.1 Å². The number of nitrogens with one attached hydrogen (secondary N) is 2. The Hall–Kier alpha value is -2.74. The molecule has 0 bridgehead atoms. The van der Waals surface area contributed by atoms with E-state index in [4.69, 9.17) is 9.47 Å². The summed E-state index contributed by atoms with van der Waals surface area (Å²) in [4.78, 5) is 11.4. The van der Waals surface area contributed by atoms with Crippen molar-refractivity contribution < 1.29 is 22.7 Å². The van der Waals surface area contributed by atoms with Gasteiger partial charge in [-0.25, -0.2) is 8.42 Å². The van der Waals surface area contributed by atoms with E-state index in [2.05, 4.69) is 10.0 Å². The molecule has 2 N–H and O–H groups in total. The molecule has 0 saturated heterocycles. The number of carbonyl (C=O) groups excluding carboxylic acids is 1. The van der Waals surface area contributed by atoms with Crippen LogP contribution < -0.4 is 19.5 Å². The van der Waals surface area contributed by atoms with Gasteiger partial charge in [0, 0.05) is 17.4 Å². The van der Waals surface area contributed by atoms with Crippen LogP contribution in [0.2, 0.25) is 0 Å². The molecule has 2 aliphatic rings. The standard InChI is InChI=1S/C15H12N2O5S/c18-15-6-9-5-10(1-3-12(9)16-15)17-23(19,20)11-2-4-13-14(7-11)22-8-21-13/h1-5,7,17H,6,8H2,(H,16,18). The second-order valence-corrected chi connectivity index (χ2v) is 6.90. The normalized spacial score (nSPS) is 15.2. The maximum atomic E-state index is 12.5. The summed E-state index contributed by atoms with van der Waals surface area (Å²) >= 11 is 0. The van der Waals surface area contributed by atoms with Crippen molar-refractivity contribution in [3.05, 3.63) is 42.0 Å². The van der Waals surface area contributed by atoms with Crippen LogP contribution in [-0.2, 0) is 21.2 Å². The lowest BCUT2D eigenvalue weighted by Gasteiger charge is -2.10. The van der Waals surface area contributed by atoms with Gasteiger partial charge in [-0.3, -0.25) is 9.52 Å². The van der Waals surface area contributed by atoms with Gasteiger partial charge in [-0.1, -0.05) is 0 Å². The van der Waals surface area contributed by atoms with Gasteiger partial charge in [-0.2, -0.15) is 0 Å². The summed E-state index contributed by atoms with van der Waals surface area (Å²) < 4.78 is 37.8. The molecular weight excluding hydrogens is 320 g/mol. The number of hydrogen-bond acceptors (Lipinski definition) is 5. The maximum absolute atomic E-state index is 12.5. The molecule has 23 heavy (non-hydrogen) atoms. The fourth-order valence-corrected chi connectivity index (χ4v) is 3.62. The highest BCUT2D eigenvalue weighted by atomic mass is 32.2. The van der Waals surface area contributed by atoms with Gasteiger partial charge < -0.3 is 14.8 Å². The first-order valence-electron chi connectivity index (χ1n) is 6.86. The lowest BCUT2D eigenvalue weighted by atomic mass is 10.1. The minimum absolute atomic E-state index is 0.0800. The van der Waals surface area contributed by atoms with E-state index < -0.39 is 10.0 Å². The van der Waals surface area contributed by atoms with E-state index in [9.17, 15) is 13.2 Å². The average Bonchev–Trinajstić information content (AvgIpc) is 3.10. The highest BCUT2D eigenvalue weighted by molar-refractivity contribution is 7.92. The highest BCUT2D eigenvalue weighted by Crippen LogP contribution is 2.34. The van der Waals surface area contributed by atoms with Crippen molar-refractivity contribution in [1.29, 1.82) is 0 Å². The largest absolute Gasteiger partial charge is 0.454 e. The fourth-order valence-electron chi connectivity index (χ4n) is 2.55. The summed E-state index contributed by atoms with van der Waals surface area (Å²) in [6.07, 6.45) is 0.245. The van der Waals surface area contributed by atoms with E-state index >= 15 is 0 Å². The maximum Gasteiger partial charge on any atom is 0.262 e. The van der Waals surface area contributed by atoms with Gasteiger partial charge >= 0.3 is 0 Å². The predicted octanol–water partition coefficient (Wildman–Crippen LogP) is 1.71. The third-order valence-electron chi connectivity index (χ3n) is 3.64. The van der Waals surface area contributed by atoms with Crippen molar-refractivity contribution in [2.75, 3.05) is 16.8 Å². The van der Waals surface area contributed by atoms with Gasteiger partial charge in [0.1, 0.15) is 0 Å². The van der Waals surface area contributed by atoms with Gasteiger partial charge in [0.25, 0.3) is 10.0 Å². The summed E-state index contributed by atoms with van der Waals surface area (Å²) in [7, 11) is -3.76. The molecule has 0 radical (unpaired) electrons. The zero-order valence-corrected chi connectivity index (χ0v) is 12.6. The van der Waals surface area contributed by atoms with Crippen LogP contribution in [0.4, 0.5) is 11.4 Å². The fraction of sp³-hybridized carbons (Fsp3) is 0.133. The van der Waals surface area contributed by atoms with Crippen molar-refractivity contribution in [1.82, 2.24) is 0 Å². The molecule has 118 valence electrons. The number of hydrogen-bond donors (Lipinski definition) is 2. The van der Waals surface area contributed by atoms with Gasteiger partial charge in [0.15, 0.2) is 11.5 Å². The van der Waals surface area contributed by atoms with Gasteiger partial charge in [0.2, 0.25) is 12.7 Å². The number of anilines is 2. The molecule has 0 fully saturated rings.